The normalized spacial score (nSPS) is 17.4. The number of benzene rings is 1. The summed E-state index contributed by atoms with van der Waals surface area (Å²) in [5.41, 5.74) is 0.114. The van der Waals surface area contributed by atoms with Gasteiger partial charge in [-0.2, -0.15) is 4.31 Å². The number of rotatable bonds is 5. The van der Waals surface area contributed by atoms with Crippen LogP contribution in [0.5, 0.6) is 0 Å². The minimum Gasteiger partial charge on any atom is -0.339 e. The lowest BCUT2D eigenvalue weighted by Crippen LogP contribution is -2.36. The molecule has 0 atom stereocenters. The highest BCUT2D eigenvalue weighted by Gasteiger charge is 2.26. The molecule has 2 aromatic rings. The molecule has 2 aliphatic heterocycles. The number of aryl methyl sites for hydroxylation is 1. The van der Waals surface area contributed by atoms with Gasteiger partial charge >= 0.3 is 0 Å². The van der Waals surface area contributed by atoms with Crippen LogP contribution in [0, 0.1) is 0 Å². The number of sulfonamides is 1. The molecule has 2 amide bonds. The minimum atomic E-state index is -3.60. The number of pyridine rings is 1. The predicted octanol–water partition coefficient (Wildman–Crippen LogP) is 2.44. The zero-order chi connectivity index (χ0) is 24.3. The van der Waals surface area contributed by atoms with Crippen molar-refractivity contribution in [3.05, 3.63) is 58.0 Å². The molecule has 10 heteroatoms. The summed E-state index contributed by atoms with van der Waals surface area (Å²) in [6.07, 6.45) is 7.18. The number of likely N-dealkylation sites (tertiary alicyclic amines) is 1. The van der Waals surface area contributed by atoms with Crippen LogP contribution < -0.4 is 10.9 Å². The summed E-state index contributed by atoms with van der Waals surface area (Å²) in [6.45, 7) is 2.35. The SMILES string of the molecule is Cn1cc(C(=O)N2CCCCC2)cc(NC(=O)c2ccc(S(=O)(=O)N3CCCCC3)cc2)c1=O. The van der Waals surface area contributed by atoms with Gasteiger partial charge in [0.15, 0.2) is 0 Å². The van der Waals surface area contributed by atoms with Gasteiger partial charge in [-0.3, -0.25) is 14.4 Å². The van der Waals surface area contributed by atoms with Crippen LogP contribution in [-0.4, -0.2) is 60.2 Å². The Balaban J connectivity index is 1.51. The Hall–Kier alpha value is -2.98. The van der Waals surface area contributed by atoms with Gasteiger partial charge in [0.1, 0.15) is 5.69 Å². The first kappa shape index (κ1) is 24.2. The molecule has 34 heavy (non-hydrogen) atoms. The van der Waals surface area contributed by atoms with Crippen molar-refractivity contribution in [3.63, 3.8) is 0 Å². The number of piperidine rings is 2. The molecule has 0 unspecified atom stereocenters. The molecule has 3 heterocycles. The molecule has 4 rings (SSSR count). The smallest absolute Gasteiger partial charge is 0.274 e. The summed E-state index contributed by atoms with van der Waals surface area (Å²) in [5, 5.41) is 2.58. The van der Waals surface area contributed by atoms with Gasteiger partial charge in [-0.25, -0.2) is 8.42 Å². The maximum absolute atomic E-state index is 12.9. The maximum Gasteiger partial charge on any atom is 0.274 e. The lowest BCUT2D eigenvalue weighted by molar-refractivity contribution is 0.0723. The second kappa shape index (κ2) is 10.1. The van der Waals surface area contributed by atoms with Crippen molar-refractivity contribution in [2.45, 2.75) is 43.4 Å². The molecule has 2 fully saturated rings. The fourth-order valence-electron chi connectivity index (χ4n) is 4.42. The van der Waals surface area contributed by atoms with E-state index in [4.69, 9.17) is 0 Å². The van der Waals surface area contributed by atoms with Crippen LogP contribution >= 0.6 is 0 Å². The quantitative estimate of drug-likeness (QED) is 0.698. The van der Waals surface area contributed by atoms with E-state index in [1.807, 2.05) is 0 Å². The maximum atomic E-state index is 12.9. The lowest BCUT2D eigenvalue weighted by atomic mass is 10.1. The van der Waals surface area contributed by atoms with Crippen LogP contribution in [0.1, 0.15) is 59.2 Å². The Labute approximate surface area is 199 Å². The molecule has 9 nitrogen and oxygen atoms in total. The van der Waals surface area contributed by atoms with Crippen LogP contribution in [0.25, 0.3) is 0 Å². The summed E-state index contributed by atoms with van der Waals surface area (Å²) in [7, 11) is -2.06. The Kier molecular flexibility index (Phi) is 7.18. The molecule has 0 bridgehead atoms. The number of hydrogen-bond donors (Lipinski definition) is 1. The fraction of sp³-hybridized carbons (Fsp3) is 0.458. The van der Waals surface area contributed by atoms with Crippen molar-refractivity contribution in [2.24, 2.45) is 7.05 Å². The molecule has 0 saturated carbocycles. The van der Waals surface area contributed by atoms with Crippen LogP contribution in [0.2, 0.25) is 0 Å². The van der Waals surface area contributed by atoms with Gasteiger partial charge in [-0.1, -0.05) is 6.42 Å². The van der Waals surface area contributed by atoms with Crippen molar-refractivity contribution in [2.75, 3.05) is 31.5 Å². The molecule has 1 aromatic carbocycles. The Morgan fingerprint density at radius 3 is 2.06 bits per heavy atom. The van der Waals surface area contributed by atoms with Gasteiger partial charge in [0.2, 0.25) is 10.0 Å². The topological polar surface area (TPSA) is 109 Å². The van der Waals surface area contributed by atoms with E-state index in [1.165, 1.54) is 52.4 Å². The molecular weight excluding hydrogens is 456 g/mol. The molecule has 1 aromatic heterocycles. The number of aromatic nitrogens is 1. The Bertz CT molecular complexity index is 1220. The van der Waals surface area contributed by atoms with Gasteiger partial charge in [-0.15, -0.1) is 0 Å². The number of nitrogens with zero attached hydrogens (tertiary/aromatic N) is 3. The third kappa shape index (κ3) is 5.07. The average molecular weight is 487 g/mol. The fourth-order valence-corrected chi connectivity index (χ4v) is 5.94. The number of nitrogens with one attached hydrogen (secondary N) is 1. The molecule has 2 aliphatic rings. The summed E-state index contributed by atoms with van der Waals surface area (Å²) in [5.74, 6) is -0.723. The van der Waals surface area contributed by atoms with Crippen molar-refractivity contribution < 1.29 is 18.0 Å². The summed E-state index contributed by atoms with van der Waals surface area (Å²) < 4.78 is 28.4. The molecule has 1 N–H and O–H groups in total. The van der Waals surface area contributed by atoms with Crippen LogP contribution in [-0.2, 0) is 17.1 Å². The van der Waals surface area contributed by atoms with E-state index in [0.29, 0.717) is 31.7 Å². The highest BCUT2D eigenvalue weighted by Crippen LogP contribution is 2.21. The summed E-state index contributed by atoms with van der Waals surface area (Å²) in [6, 6.07) is 7.09. The van der Waals surface area contributed by atoms with E-state index < -0.39 is 21.5 Å². The number of amides is 2. The van der Waals surface area contributed by atoms with Crippen molar-refractivity contribution in [3.8, 4) is 0 Å². The molecule has 182 valence electrons. The largest absolute Gasteiger partial charge is 0.339 e. The summed E-state index contributed by atoms with van der Waals surface area (Å²) in [4.78, 5) is 40.2. The summed E-state index contributed by atoms with van der Waals surface area (Å²) >= 11 is 0. The molecular formula is C24H30N4O5S. The second-order valence-corrected chi connectivity index (χ2v) is 10.8. The van der Waals surface area contributed by atoms with Crippen LogP contribution in [0.4, 0.5) is 5.69 Å². The average Bonchev–Trinajstić information content (AvgIpc) is 2.87. The van der Waals surface area contributed by atoms with Gasteiger partial charge in [-0.05, 0) is 62.4 Å². The monoisotopic (exact) mass is 486 g/mol. The standard InChI is InChI=1S/C24H30N4O5S/c1-26-17-19(23(30)27-12-4-2-5-13-27)16-21(24(26)31)25-22(29)18-8-10-20(11-9-18)34(32,33)28-14-6-3-7-15-28/h8-11,16-17H,2-7,12-15H2,1H3,(H,25,29). The van der Waals surface area contributed by atoms with Crippen molar-refractivity contribution >= 4 is 27.5 Å². The second-order valence-electron chi connectivity index (χ2n) is 8.85. The third-order valence-electron chi connectivity index (χ3n) is 6.39. The first-order chi connectivity index (χ1) is 16.3. The third-order valence-corrected chi connectivity index (χ3v) is 8.30. The number of hydrogen-bond acceptors (Lipinski definition) is 5. The Morgan fingerprint density at radius 1 is 0.853 bits per heavy atom. The number of carbonyl (C=O) groups is 2. The minimum absolute atomic E-state index is 0.000347. The van der Waals surface area contributed by atoms with E-state index in [9.17, 15) is 22.8 Å². The molecule has 0 radical (unpaired) electrons. The van der Waals surface area contributed by atoms with E-state index in [-0.39, 0.29) is 22.1 Å². The first-order valence-electron chi connectivity index (χ1n) is 11.7. The van der Waals surface area contributed by atoms with E-state index in [1.54, 1.807) is 4.90 Å². The number of carbonyl (C=O) groups excluding carboxylic acids is 2. The van der Waals surface area contributed by atoms with E-state index in [2.05, 4.69) is 5.32 Å². The van der Waals surface area contributed by atoms with Crippen LogP contribution in [0.3, 0.4) is 0 Å². The van der Waals surface area contributed by atoms with E-state index in [0.717, 1.165) is 38.5 Å². The Morgan fingerprint density at radius 2 is 1.44 bits per heavy atom. The van der Waals surface area contributed by atoms with Crippen molar-refractivity contribution in [1.82, 2.24) is 13.8 Å². The van der Waals surface area contributed by atoms with E-state index >= 15 is 0 Å². The van der Waals surface area contributed by atoms with Gasteiger partial charge in [0.05, 0.1) is 10.5 Å². The highest BCUT2D eigenvalue weighted by molar-refractivity contribution is 7.89. The molecule has 0 spiro atoms. The highest BCUT2D eigenvalue weighted by atomic mass is 32.2. The van der Waals surface area contributed by atoms with Gasteiger partial charge < -0.3 is 14.8 Å². The van der Waals surface area contributed by atoms with Gasteiger partial charge in [0.25, 0.3) is 17.4 Å². The lowest BCUT2D eigenvalue weighted by Gasteiger charge is -2.27. The predicted molar refractivity (Wildman–Crippen MR) is 128 cm³/mol. The molecule has 2 saturated heterocycles. The zero-order valence-electron chi connectivity index (χ0n) is 19.3. The first-order valence-corrected chi connectivity index (χ1v) is 13.1. The van der Waals surface area contributed by atoms with Crippen LogP contribution in [0.15, 0.2) is 46.2 Å². The van der Waals surface area contributed by atoms with Gasteiger partial charge in [0, 0.05) is 45.0 Å². The van der Waals surface area contributed by atoms with Crippen molar-refractivity contribution in [1.29, 1.82) is 0 Å². The molecule has 0 aliphatic carbocycles. The zero-order valence-corrected chi connectivity index (χ0v) is 20.1. The number of anilines is 1.